The van der Waals surface area contributed by atoms with Gasteiger partial charge >= 0.3 is 0 Å². The monoisotopic (exact) mass is 449 g/mol. The van der Waals surface area contributed by atoms with E-state index in [0.717, 1.165) is 5.69 Å². The molecule has 0 fully saturated rings. The minimum Gasteiger partial charge on any atom is -0.378 e. The Kier molecular flexibility index (Phi) is 9.97. The van der Waals surface area contributed by atoms with Crippen LogP contribution in [0.4, 0.5) is 17.1 Å². The van der Waals surface area contributed by atoms with E-state index in [1.807, 2.05) is 43.3 Å². The van der Waals surface area contributed by atoms with Gasteiger partial charge in [0.25, 0.3) is 8.53 Å². The Morgan fingerprint density at radius 2 is 1.29 bits per heavy atom. The van der Waals surface area contributed by atoms with Gasteiger partial charge < -0.3 is 24.5 Å². The third-order valence-corrected chi connectivity index (χ3v) is 5.50. The minimum absolute atomic E-state index is 0.0904. The fourth-order valence-electron chi connectivity index (χ4n) is 1.79. The first-order chi connectivity index (χ1) is 13.0. The van der Waals surface area contributed by atoms with Crippen LogP contribution >= 0.6 is 17.1 Å². The topological polar surface area (TPSA) is 181 Å². The quantitative estimate of drug-likeness (QED) is 0.285. The summed E-state index contributed by atoms with van der Waals surface area (Å²) in [6.45, 7) is 0. The molecule has 14 heteroatoms. The number of hydrogen-bond donors (Lipinski definition) is 6. The highest BCUT2D eigenvalue weighted by Crippen LogP contribution is 2.25. The van der Waals surface area contributed by atoms with Gasteiger partial charge in [0.05, 0.1) is 16.3 Å². The Labute approximate surface area is 165 Å². The van der Waals surface area contributed by atoms with Crippen LogP contribution in [-0.2, 0) is 10.0 Å². The van der Waals surface area contributed by atoms with Crippen LogP contribution < -0.4 is 14.9 Å². The first-order valence-electron chi connectivity index (χ1n) is 7.43. The van der Waals surface area contributed by atoms with E-state index < -0.39 is 27.1 Å². The molecule has 0 spiro atoms. The van der Waals surface area contributed by atoms with Crippen LogP contribution in [0.3, 0.4) is 0 Å². The molecule has 0 aliphatic heterocycles. The predicted octanol–water partition coefficient (Wildman–Crippen LogP) is 1.81. The van der Waals surface area contributed by atoms with Crippen molar-refractivity contribution in [3.63, 3.8) is 0 Å². The van der Waals surface area contributed by atoms with Gasteiger partial charge in [0, 0.05) is 19.8 Å². The summed E-state index contributed by atoms with van der Waals surface area (Å²) in [4.78, 5) is 34.3. The fraction of sp³-hybridized carbons (Fsp3) is 0.143. The molecule has 0 bridgehead atoms. The van der Waals surface area contributed by atoms with E-state index in [4.69, 9.17) is 19.6 Å². The summed E-state index contributed by atoms with van der Waals surface area (Å²) < 4.78 is 25.2. The van der Waals surface area contributed by atoms with Crippen molar-refractivity contribution in [1.29, 1.82) is 0 Å². The molecule has 2 rings (SSSR count). The van der Waals surface area contributed by atoms with Crippen LogP contribution in [0.25, 0.3) is 0 Å². The molecule has 0 aromatic heterocycles. The summed E-state index contributed by atoms with van der Waals surface area (Å²) in [5.74, 6) is 0. The molecule has 0 aliphatic carbocycles. The van der Waals surface area contributed by atoms with E-state index in [0.29, 0.717) is 11.4 Å². The molecule has 7 N–H and O–H groups in total. The number of benzene rings is 2. The van der Waals surface area contributed by atoms with Crippen molar-refractivity contribution in [2.45, 2.75) is 4.90 Å². The molecule has 0 saturated carbocycles. The zero-order chi connectivity index (χ0) is 21.3. The molecule has 0 amide bonds. The average Bonchev–Trinajstić information content (AvgIpc) is 2.59. The SMILES string of the molecule is CN(C)c1ccc(N=Nc2ccc(S(=O)(=O)NP(O)O)cc2)cc1.NP(O)O. The van der Waals surface area contributed by atoms with E-state index in [2.05, 4.69) is 15.7 Å². The van der Waals surface area contributed by atoms with Crippen LogP contribution in [0.5, 0.6) is 0 Å². The average molecular weight is 449 g/mol. The van der Waals surface area contributed by atoms with Crippen molar-refractivity contribution in [3.8, 4) is 0 Å². The first-order valence-corrected chi connectivity index (χ1v) is 11.5. The summed E-state index contributed by atoms with van der Waals surface area (Å²) in [6.07, 6.45) is 0. The smallest absolute Gasteiger partial charge is 0.264 e. The minimum atomic E-state index is -3.95. The van der Waals surface area contributed by atoms with Gasteiger partial charge in [-0.3, -0.25) is 5.50 Å². The second-order valence-corrected chi connectivity index (χ2v) is 8.74. The number of nitrogens with zero attached hydrogens (tertiary/aromatic N) is 3. The van der Waals surface area contributed by atoms with Gasteiger partial charge in [0.15, 0.2) is 0 Å². The van der Waals surface area contributed by atoms with Crippen molar-refractivity contribution < 1.29 is 28.0 Å². The molecule has 28 heavy (non-hydrogen) atoms. The first kappa shape index (κ1) is 24.4. The molecule has 2 aromatic carbocycles. The van der Waals surface area contributed by atoms with Crippen LogP contribution in [0.15, 0.2) is 63.7 Å². The summed E-state index contributed by atoms with van der Waals surface area (Å²) in [7, 11) is -4.94. The normalized spacial score (nSPS) is 11.6. The van der Waals surface area contributed by atoms with Gasteiger partial charge in [-0.05, 0) is 48.5 Å². The van der Waals surface area contributed by atoms with Gasteiger partial charge in [-0.25, -0.2) is 8.42 Å². The summed E-state index contributed by atoms with van der Waals surface area (Å²) >= 11 is 0. The zero-order valence-corrected chi connectivity index (χ0v) is 17.6. The summed E-state index contributed by atoms with van der Waals surface area (Å²) in [6, 6.07) is 13.1. The Balaban J connectivity index is 0.000000892. The van der Waals surface area contributed by atoms with Crippen molar-refractivity contribution in [2.24, 2.45) is 15.7 Å². The highest BCUT2D eigenvalue weighted by Gasteiger charge is 2.17. The Morgan fingerprint density at radius 3 is 1.64 bits per heavy atom. The molecule has 0 saturated heterocycles. The maximum absolute atomic E-state index is 11.7. The maximum Gasteiger partial charge on any atom is 0.264 e. The lowest BCUT2D eigenvalue weighted by Crippen LogP contribution is -2.18. The number of nitrogens with one attached hydrogen (secondary N) is 1. The van der Waals surface area contributed by atoms with Gasteiger partial charge in [-0.1, -0.05) is 0 Å². The lowest BCUT2D eigenvalue weighted by Gasteiger charge is -2.11. The van der Waals surface area contributed by atoms with Crippen LogP contribution in [0.2, 0.25) is 0 Å². The Hall–Kier alpha value is -1.59. The number of rotatable bonds is 6. The number of anilines is 1. The van der Waals surface area contributed by atoms with Crippen molar-refractivity contribution in [2.75, 3.05) is 19.0 Å². The van der Waals surface area contributed by atoms with Gasteiger partial charge in [0.1, 0.15) is 0 Å². The van der Waals surface area contributed by atoms with E-state index >= 15 is 0 Å². The molecule has 0 unspecified atom stereocenters. The second-order valence-electron chi connectivity index (χ2n) is 5.31. The Morgan fingerprint density at radius 1 is 0.893 bits per heavy atom. The molecule has 0 radical (unpaired) electrons. The van der Waals surface area contributed by atoms with E-state index in [1.54, 1.807) is 4.49 Å². The zero-order valence-electron chi connectivity index (χ0n) is 14.9. The third kappa shape index (κ3) is 9.07. The molecule has 0 heterocycles. The Bertz CT molecular complexity index is 858. The van der Waals surface area contributed by atoms with Crippen molar-refractivity contribution in [3.05, 3.63) is 48.5 Å². The third-order valence-electron chi connectivity index (χ3n) is 3.00. The highest BCUT2D eigenvalue weighted by atomic mass is 32.2. The molecule has 154 valence electrons. The fourth-order valence-corrected chi connectivity index (χ4v) is 3.56. The number of hydrogen-bond acceptors (Lipinski definition) is 10. The van der Waals surface area contributed by atoms with Crippen LogP contribution in [0.1, 0.15) is 0 Å². The van der Waals surface area contributed by atoms with E-state index in [1.165, 1.54) is 24.3 Å². The van der Waals surface area contributed by atoms with Gasteiger partial charge in [0.2, 0.25) is 18.5 Å². The van der Waals surface area contributed by atoms with E-state index in [-0.39, 0.29) is 4.90 Å². The highest BCUT2D eigenvalue weighted by molar-refractivity contribution is 7.94. The maximum atomic E-state index is 11.7. The van der Waals surface area contributed by atoms with Gasteiger partial charge in [-0.15, -0.1) is 4.49 Å². The molecule has 0 aliphatic rings. The second kappa shape index (κ2) is 11.4. The molecular weight excluding hydrogens is 428 g/mol. The van der Waals surface area contributed by atoms with Crippen LogP contribution in [0, 0.1) is 0 Å². The summed E-state index contributed by atoms with van der Waals surface area (Å²) in [5, 5.41) is 8.12. The van der Waals surface area contributed by atoms with Crippen molar-refractivity contribution >= 4 is 44.1 Å². The largest absolute Gasteiger partial charge is 0.378 e. The summed E-state index contributed by atoms with van der Waals surface area (Å²) in [5.41, 5.74) is 6.48. The predicted molar refractivity (Wildman–Crippen MR) is 109 cm³/mol. The molecule has 11 nitrogen and oxygen atoms in total. The number of sulfonamides is 1. The lowest BCUT2D eigenvalue weighted by atomic mass is 10.3. The van der Waals surface area contributed by atoms with Crippen LogP contribution in [-0.4, -0.2) is 42.1 Å². The molecular formula is C14H21N5O6P2S. The van der Waals surface area contributed by atoms with E-state index in [9.17, 15) is 8.42 Å². The standard InChI is InChI=1S/C14H17N4O4PS.H4NO2P/c1-18(2)13-7-3-11(4-8-13)15-16-12-5-9-14(10-6-12)24(21,22)17-23(19)20;1-4(2)3/h3-10,17,19-20H,1-2H3;2-3H,1H2. The number of nitrogens with two attached hydrogens (primary N) is 1. The molecule has 0 atom stereocenters. The van der Waals surface area contributed by atoms with Crippen molar-refractivity contribution in [1.82, 2.24) is 4.49 Å². The lowest BCUT2D eigenvalue weighted by molar-refractivity contribution is 0.475. The number of azo groups is 1. The molecule has 2 aromatic rings. The van der Waals surface area contributed by atoms with Gasteiger partial charge in [-0.2, -0.15) is 10.2 Å².